The van der Waals surface area contributed by atoms with E-state index in [1.54, 1.807) is 0 Å². The third-order valence-corrected chi connectivity index (χ3v) is 0. The van der Waals surface area contributed by atoms with Gasteiger partial charge in [0.25, 0.3) is 0 Å². The van der Waals surface area contributed by atoms with Crippen LogP contribution in [0.5, 0.6) is 0 Å². The predicted molar refractivity (Wildman–Crippen MR) is 13.8 cm³/mol. The number of urea groups is 1. The minimum atomic E-state index is -0.833. The van der Waals surface area contributed by atoms with Crippen molar-refractivity contribution in [2.24, 2.45) is 11.5 Å². The minimum Gasteiger partial charge on any atom is -1.00 e. The van der Waals surface area contributed by atoms with E-state index in [0.29, 0.717) is 0 Å². The van der Waals surface area contributed by atoms with Gasteiger partial charge in [0.1, 0.15) is 0 Å². The predicted octanol–water partition coefficient (Wildman–Crippen LogP) is -9.97. The summed E-state index contributed by atoms with van der Waals surface area (Å²) in [5.74, 6) is 0. The maximum atomic E-state index is 9.00. The molecule has 0 spiro atoms. The van der Waals surface area contributed by atoms with E-state index in [4.69, 9.17) is 4.79 Å². The second kappa shape index (κ2) is 25.3. The first-order valence-electron chi connectivity index (χ1n) is 0.781. The summed E-state index contributed by atoms with van der Waals surface area (Å²) in [6.45, 7) is 0. The molecule has 0 aromatic heterocycles. The van der Waals surface area contributed by atoms with Crippen LogP contribution in [0.2, 0.25) is 0 Å². The number of hydrogen-bond acceptors (Lipinski definition) is 1. The third kappa shape index (κ3) is 475. The number of amides is 2. The van der Waals surface area contributed by atoms with Crippen molar-refractivity contribution in [3.63, 3.8) is 0 Å². The third-order valence-electron chi connectivity index (χ3n) is 0. The molecule has 0 rings (SSSR count). The van der Waals surface area contributed by atoms with E-state index in [-0.39, 0.29) is 54.6 Å². The molecule has 0 aromatic carbocycles. The second-order valence-electron chi connectivity index (χ2n) is 0.402. The fourth-order valence-electron chi connectivity index (χ4n) is 0. The standard InChI is InChI=1S/CH4N2O.3ClH.Cr/c2-1(3)4;;;;/h(H4,2,3,4);3*1H;/q;;;;+3/p-3. The van der Waals surface area contributed by atoms with Gasteiger partial charge in [-0.3, -0.25) is 0 Å². The Morgan fingerprint density at radius 3 is 1.00 bits per heavy atom. The summed E-state index contributed by atoms with van der Waals surface area (Å²) in [5, 5.41) is 0. The minimum absolute atomic E-state index is 0. The molecule has 0 unspecified atom stereocenters. The van der Waals surface area contributed by atoms with E-state index in [0.717, 1.165) is 0 Å². The molecular formula is CH4Cl3CrN2O. The Morgan fingerprint density at radius 2 is 1.00 bits per heavy atom. The average Bonchev–Trinajstić information content (AvgIpc) is 0.811. The first kappa shape index (κ1) is 37.9. The van der Waals surface area contributed by atoms with Crippen LogP contribution in [-0.2, 0) is 17.4 Å². The van der Waals surface area contributed by atoms with Gasteiger partial charge in [-0.25, -0.2) is 4.79 Å². The van der Waals surface area contributed by atoms with Gasteiger partial charge in [0.2, 0.25) is 0 Å². The summed E-state index contributed by atoms with van der Waals surface area (Å²) < 4.78 is 0. The Balaban J connectivity index is -0.00000000750. The Morgan fingerprint density at radius 1 is 1.00 bits per heavy atom. The molecule has 0 heterocycles. The number of carbonyl (C=O) groups excluding carboxylic acids is 1. The van der Waals surface area contributed by atoms with Crippen LogP contribution in [-0.4, -0.2) is 6.03 Å². The summed E-state index contributed by atoms with van der Waals surface area (Å²) in [4.78, 5) is 9.00. The molecule has 3 nitrogen and oxygen atoms in total. The van der Waals surface area contributed by atoms with Crippen molar-refractivity contribution < 1.29 is 59.4 Å². The van der Waals surface area contributed by atoms with Crippen LogP contribution in [0.25, 0.3) is 0 Å². The van der Waals surface area contributed by atoms with Crippen molar-refractivity contribution in [2.45, 2.75) is 0 Å². The van der Waals surface area contributed by atoms with Gasteiger partial charge < -0.3 is 48.7 Å². The Labute approximate surface area is 76.9 Å². The number of primary amides is 2. The second-order valence-corrected chi connectivity index (χ2v) is 0.402. The zero-order valence-corrected chi connectivity index (χ0v) is 7.15. The Kier molecular flexibility index (Phi) is 120. The van der Waals surface area contributed by atoms with E-state index in [1.165, 1.54) is 0 Å². The molecule has 0 bridgehead atoms. The molecule has 0 fully saturated rings. The van der Waals surface area contributed by atoms with E-state index in [9.17, 15) is 0 Å². The molecule has 0 aromatic rings. The number of nitrogens with two attached hydrogens (primary N) is 2. The molecule has 0 saturated heterocycles. The van der Waals surface area contributed by atoms with Crippen molar-refractivity contribution in [2.75, 3.05) is 0 Å². The average molecular weight is 218 g/mol. The summed E-state index contributed by atoms with van der Waals surface area (Å²) in [6, 6.07) is -0.833. The molecule has 7 heteroatoms. The van der Waals surface area contributed by atoms with Crippen LogP contribution >= 0.6 is 0 Å². The van der Waals surface area contributed by atoms with Gasteiger partial charge in [-0.05, 0) is 0 Å². The molecule has 0 aliphatic rings. The van der Waals surface area contributed by atoms with Crippen molar-refractivity contribution in [1.29, 1.82) is 0 Å². The maximum absolute atomic E-state index is 9.00. The topological polar surface area (TPSA) is 69.1 Å². The van der Waals surface area contributed by atoms with Crippen LogP contribution in [0.15, 0.2) is 0 Å². The fraction of sp³-hybridized carbons (Fsp3) is 0. The van der Waals surface area contributed by atoms with Crippen molar-refractivity contribution in [3.8, 4) is 0 Å². The molecule has 2 amide bonds. The first-order valence-corrected chi connectivity index (χ1v) is 0.781. The van der Waals surface area contributed by atoms with Gasteiger partial charge in [-0.15, -0.1) is 0 Å². The maximum Gasteiger partial charge on any atom is 3.00 e. The SMILES string of the molecule is NC(N)=O.[Cl-].[Cl-].[Cl-].[Cr+3]. The molecule has 0 aliphatic carbocycles. The van der Waals surface area contributed by atoms with Crippen LogP contribution in [0.1, 0.15) is 0 Å². The summed E-state index contributed by atoms with van der Waals surface area (Å²) in [7, 11) is 0. The van der Waals surface area contributed by atoms with Crippen molar-refractivity contribution >= 4 is 6.03 Å². The van der Waals surface area contributed by atoms with Crippen LogP contribution in [0.3, 0.4) is 0 Å². The normalized spacial score (nSPS) is 3.00. The van der Waals surface area contributed by atoms with Crippen LogP contribution in [0.4, 0.5) is 4.79 Å². The molecule has 0 saturated carbocycles. The van der Waals surface area contributed by atoms with Gasteiger partial charge in [-0.2, -0.15) is 0 Å². The molecule has 0 atom stereocenters. The monoisotopic (exact) mass is 217 g/mol. The molecule has 1 radical (unpaired) electrons. The number of carbonyl (C=O) groups is 1. The van der Waals surface area contributed by atoms with E-state index in [2.05, 4.69) is 11.5 Å². The van der Waals surface area contributed by atoms with E-state index >= 15 is 0 Å². The smallest absolute Gasteiger partial charge is 1.00 e. The Bertz CT molecular complexity index is 40.3. The van der Waals surface area contributed by atoms with Gasteiger partial charge in [-0.1, -0.05) is 0 Å². The van der Waals surface area contributed by atoms with Gasteiger partial charge in [0, 0.05) is 0 Å². The quantitative estimate of drug-likeness (QED) is 0.417. The molecular weight excluding hydrogens is 214 g/mol. The number of rotatable bonds is 0. The molecule has 8 heavy (non-hydrogen) atoms. The largest absolute Gasteiger partial charge is 3.00 e. The number of halogens is 3. The van der Waals surface area contributed by atoms with E-state index < -0.39 is 6.03 Å². The first-order chi connectivity index (χ1) is 1.73. The summed E-state index contributed by atoms with van der Waals surface area (Å²) in [6.07, 6.45) is 0. The number of hydrogen-bond donors (Lipinski definition) is 2. The zero-order chi connectivity index (χ0) is 3.58. The van der Waals surface area contributed by atoms with Gasteiger partial charge in [0.15, 0.2) is 0 Å². The van der Waals surface area contributed by atoms with Crippen molar-refractivity contribution in [3.05, 3.63) is 0 Å². The Hall–Kier alpha value is 0.672. The van der Waals surface area contributed by atoms with Gasteiger partial charge in [0.05, 0.1) is 0 Å². The summed E-state index contributed by atoms with van der Waals surface area (Å²) in [5.41, 5.74) is 8.50. The summed E-state index contributed by atoms with van der Waals surface area (Å²) >= 11 is 0. The molecule has 0 aliphatic heterocycles. The van der Waals surface area contributed by atoms with E-state index in [1.807, 2.05) is 0 Å². The fourth-order valence-corrected chi connectivity index (χ4v) is 0. The molecule has 51 valence electrons. The molecule has 4 N–H and O–H groups in total. The van der Waals surface area contributed by atoms with Crippen molar-refractivity contribution in [1.82, 2.24) is 0 Å². The zero-order valence-electron chi connectivity index (χ0n) is 3.61. The van der Waals surface area contributed by atoms with Gasteiger partial charge >= 0.3 is 23.4 Å². The van der Waals surface area contributed by atoms with Crippen LogP contribution in [0, 0.1) is 0 Å². The van der Waals surface area contributed by atoms with Crippen LogP contribution < -0.4 is 48.7 Å².